The molecular formula is C14H19N3O3. The minimum atomic E-state index is -0.836. The maximum Gasteiger partial charge on any atom is 0.250 e. The molecule has 6 nitrogen and oxygen atoms in total. The molecule has 1 aliphatic rings. The number of rotatable bonds is 4. The van der Waals surface area contributed by atoms with Crippen LogP contribution < -0.4 is 10.9 Å². The van der Waals surface area contributed by atoms with Crippen LogP contribution in [-0.4, -0.2) is 39.9 Å². The lowest BCUT2D eigenvalue weighted by Crippen LogP contribution is -2.65. The highest BCUT2D eigenvalue weighted by molar-refractivity contribution is 5.97. The van der Waals surface area contributed by atoms with Crippen molar-refractivity contribution in [1.29, 1.82) is 0 Å². The fourth-order valence-electron chi connectivity index (χ4n) is 2.29. The van der Waals surface area contributed by atoms with Gasteiger partial charge in [0.25, 0.3) is 5.56 Å². The van der Waals surface area contributed by atoms with E-state index in [4.69, 9.17) is 0 Å². The fraction of sp³-hybridized carbons (Fsp3) is 0.500. The Hall–Kier alpha value is -2.11. The van der Waals surface area contributed by atoms with E-state index in [2.05, 4.69) is 5.32 Å². The number of hydrogen-bond donors (Lipinski definition) is 1. The summed E-state index contributed by atoms with van der Waals surface area (Å²) < 4.78 is 1.53. The summed E-state index contributed by atoms with van der Waals surface area (Å²) in [6.07, 6.45) is 2.22. The Kier molecular flexibility index (Phi) is 3.92. The van der Waals surface area contributed by atoms with Crippen LogP contribution in [0.1, 0.15) is 20.3 Å². The number of amides is 2. The number of nitrogens with zero attached hydrogens (tertiary/aromatic N) is 2. The number of carbonyl (C=O) groups is 2. The average molecular weight is 277 g/mol. The lowest BCUT2D eigenvalue weighted by molar-refractivity contribution is -0.149. The summed E-state index contributed by atoms with van der Waals surface area (Å²) in [6, 6.07) is 4.91. The van der Waals surface area contributed by atoms with E-state index < -0.39 is 5.54 Å². The first-order valence-electron chi connectivity index (χ1n) is 6.72. The molecular weight excluding hydrogens is 258 g/mol. The first-order valence-corrected chi connectivity index (χ1v) is 6.72. The zero-order valence-corrected chi connectivity index (χ0v) is 11.8. The second-order valence-electron chi connectivity index (χ2n) is 5.19. The van der Waals surface area contributed by atoms with Gasteiger partial charge in [-0.1, -0.05) is 13.0 Å². The van der Waals surface area contributed by atoms with Crippen LogP contribution in [0.5, 0.6) is 0 Å². The van der Waals surface area contributed by atoms with E-state index in [1.807, 2.05) is 6.92 Å². The van der Waals surface area contributed by atoms with E-state index in [0.29, 0.717) is 19.5 Å². The number of carbonyl (C=O) groups excluding carboxylic acids is 2. The molecule has 0 spiro atoms. The molecule has 108 valence electrons. The van der Waals surface area contributed by atoms with Crippen LogP contribution in [0.2, 0.25) is 0 Å². The first kappa shape index (κ1) is 14.3. The number of piperazine rings is 1. The molecule has 1 unspecified atom stereocenters. The lowest BCUT2D eigenvalue weighted by atomic mass is 9.94. The number of pyridine rings is 1. The van der Waals surface area contributed by atoms with Crippen LogP contribution in [0.4, 0.5) is 0 Å². The standard InChI is InChI=1S/C14H19N3O3/c1-3-14(2)13(20)17(10-11(18)15-14)9-8-16-7-5-4-6-12(16)19/h4-7H,3,8-10H2,1-2H3,(H,15,18). The Balaban J connectivity index is 2.09. The predicted molar refractivity (Wildman–Crippen MR) is 74.1 cm³/mol. The second-order valence-corrected chi connectivity index (χ2v) is 5.19. The minimum absolute atomic E-state index is 0.0516. The van der Waals surface area contributed by atoms with Crippen molar-refractivity contribution >= 4 is 11.8 Å². The Morgan fingerprint density at radius 3 is 2.65 bits per heavy atom. The molecule has 1 atom stereocenters. The van der Waals surface area contributed by atoms with Gasteiger partial charge in [0.1, 0.15) is 5.54 Å². The van der Waals surface area contributed by atoms with E-state index in [9.17, 15) is 14.4 Å². The van der Waals surface area contributed by atoms with Crippen LogP contribution in [0.3, 0.4) is 0 Å². The minimum Gasteiger partial charge on any atom is -0.340 e. The summed E-state index contributed by atoms with van der Waals surface area (Å²) in [5.74, 6) is -0.252. The molecule has 0 aliphatic carbocycles. The Labute approximate surface area is 117 Å². The summed E-state index contributed by atoms with van der Waals surface area (Å²) in [7, 11) is 0. The molecule has 1 aromatic rings. The highest BCUT2D eigenvalue weighted by Crippen LogP contribution is 2.17. The van der Waals surface area contributed by atoms with Crippen LogP contribution in [0.25, 0.3) is 0 Å². The summed E-state index contributed by atoms with van der Waals surface area (Å²) in [6.45, 7) is 4.39. The van der Waals surface area contributed by atoms with E-state index >= 15 is 0 Å². The third-order valence-electron chi connectivity index (χ3n) is 3.73. The highest BCUT2D eigenvalue weighted by Gasteiger charge is 2.41. The van der Waals surface area contributed by atoms with Gasteiger partial charge in [0, 0.05) is 25.4 Å². The van der Waals surface area contributed by atoms with E-state index in [-0.39, 0.29) is 23.9 Å². The van der Waals surface area contributed by atoms with Gasteiger partial charge in [0.2, 0.25) is 11.8 Å². The van der Waals surface area contributed by atoms with E-state index in [0.717, 1.165) is 0 Å². The molecule has 1 saturated heterocycles. The summed E-state index contributed by atoms with van der Waals surface area (Å²) in [4.78, 5) is 37.2. The van der Waals surface area contributed by atoms with Crippen LogP contribution in [0.15, 0.2) is 29.2 Å². The molecule has 0 saturated carbocycles. The second kappa shape index (κ2) is 5.48. The molecule has 1 aliphatic heterocycles. The summed E-state index contributed by atoms with van der Waals surface area (Å²) >= 11 is 0. The molecule has 2 amide bonds. The monoisotopic (exact) mass is 277 g/mol. The van der Waals surface area contributed by atoms with Gasteiger partial charge in [-0.25, -0.2) is 0 Å². The van der Waals surface area contributed by atoms with Crippen molar-refractivity contribution in [2.45, 2.75) is 32.4 Å². The Morgan fingerprint density at radius 2 is 2.00 bits per heavy atom. The topological polar surface area (TPSA) is 71.4 Å². The lowest BCUT2D eigenvalue weighted by Gasteiger charge is -2.39. The zero-order valence-electron chi connectivity index (χ0n) is 11.8. The van der Waals surface area contributed by atoms with Crippen LogP contribution in [0, 0.1) is 0 Å². The third kappa shape index (κ3) is 2.74. The smallest absolute Gasteiger partial charge is 0.250 e. The molecule has 20 heavy (non-hydrogen) atoms. The van der Waals surface area contributed by atoms with Crippen molar-refractivity contribution in [3.63, 3.8) is 0 Å². The van der Waals surface area contributed by atoms with E-state index in [1.165, 1.54) is 15.5 Å². The van der Waals surface area contributed by atoms with Crippen LogP contribution >= 0.6 is 0 Å². The first-order chi connectivity index (χ1) is 9.46. The summed E-state index contributed by atoms with van der Waals surface area (Å²) in [5.41, 5.74) is -0.948. The number of nitrogens with one attached hydrogen (secondary N) is 1. The van der Waals surface area contributed by atoms with Crippen molar-refractivity contribution in [3.05, 3.63) is 34.7 Å². The zero-order chi connectivity index (χ0) is 14.8. The van der Waals surface area contributed by atoms with Crippen LogP contribution in [-0.2, 0) is 16.1 Å². The number of hydrogen-bond acceptors (Lipinski definition) is 3. The highest BCUT2D eigenvalue weighted by atomic mass is 16.2. The van der Waals surface area contributed by atoms with Crippen molar-refractivity contribution in [2.24, 2.45) is 0 Å². The molecule has 0 bridgehead atoms. The molecule has 1 fully saturated rings. The molecule has 6 heteroatoms. The van der Waals surface area contributed by atoms with Crippen molar-refractivity contribution in [2.75, 3.05) is 13.1 Å². The predicted octanol–water partition coefficient (Wildman–Crippen LogP) is -0.0246. The average Bonchev–Trinajstić information content (AvgIpc) is 2.43. The quantitative estimate of drug-likeness (QED) is 0.840. The molecule has 0 aromatic carbocycles. The van der Waals surface area contributed by atoms with Gasteiger partial charge in [-0.05, 0) is 19.4 Å². The normalized spacial score (nSPS) is 22.8. The molecule has 2 heterocycles. The molecule has 2 rings (SSSR count). The SMILES string of the molecule is CCC1(C)NC(=O)CN(CCn2ccccc2=O)C1=O. The fourth-order valence-corrected chi connectivity index (χ4v) is 2.29. The van der Waals surface area contributed by atoms with Gasteiger partial charge < -0.3 is 14.8 Å². The van der Waals surface area contributed by atoms with E-state index in [1.54, 1.807) is 25.3 Å². The maximum atomic E-state index is 12.4. The maximum absolute atomic E-state index is 12.4. The Bertz CT molecular complexity index is 581. The van der Waals surface area contributed by atoms with Gasteiger partial charge in [-0.15, -0.1) is 0 Å². The number of aromatic nitrogens is 1. The van der Waals surface area contributed by atoms with Gasteiger partial charge >= 0.3 is 0 Å². The van der Waals surface area contributed by atoms with Crippen molar-refractivity contribution in [3.8, 4) is 0 Å². The third-order valence-corrected chi connectivity index (χ3v) is 3.73. The molecule has 0 radical (unpaired) electrons. The van der Waals surface area contributed by atoms with Gasteiger partial charge in [-0.2, -0.15) is 0 Å². The van der Waals surface area contributed by atoms with Crippen molar-refractivity contribution < 1.29 is 9.59 Å². The molecule has 1 N–H and O–H groups in total. The van der Waals surface area contributed by atoms with Gasteiger partial charge in [0.05, 0.1) is 6.54 Å². The molecule has 1 aromatic heterocycles. The summed E-state index contributed by atoms with van der Waals surface area (Å²) in [5, 5.41) is 2.73. The largest absolute Gasteiger partial charge is 0.340 e. The van der Waals surface area contributed by atoms with Gasteiger partial charge in [-0.3, -0.25) is 14.4 Å². The van der Waals surface area contributed by atoms with Crippen molar-refractivity contribution in [1.82, 2.24) is 14.8 Å². The Morgan fingerprint density at radius 1 is 1.25 bits per heavy atom. The van der Waals surface area contributed by atoms with Gasteiger partial charge in [0.15, 0.2) is 0 Å².